The van der Waals surface area contributed by atoms with Crippen LogP contribution in [0.4, 0.5) is 11.4 Å². The van der Waals surface area contributed by atoms with E-state index in [1.807, 2.05) is 43.4 Å². The van der Waals surface area contributed by atoms with Gasteiger partial charge in [0.1, 0.15) is 5.69 Å². The predicted molar refractivity (Wildman–Crippen MR) is 86.8 cm³/mol. The van der Waals surface area contributed by atoms with Crippen molar-refractivity contribution in [2.24, 2.45) is 0 Å². The van der Waals surface area contributed by atoms with E-state index in [0.717, 1.165) is 3.57 Å². The van der Waals surface area contributed by atoms with Gasteiger partial charge in [0, 0.05) is 28.1 Å². The van der Waals surface area contributed by atoms with Crippen molar-refractivity contribution in [1.29, 1.82) is 0 Å². The minimum Gasteiger partial charge on any atom is -0.379 e. The zero-order valence-electron chi connectivity index (χ0n) is 11.7. The number of nitro groups is 1. The van der Waals surface area contributed by atoms with Crippen molar-refractivity contribution in [2.45, 2.75) is 32.7 Å². The molecule has 0 spiro atoms. The van der Waals surface area contributed by atoms with Crippen LogP contribution in [0.25, 0.3) is 0 Å². The first-order valence-corrected chi connectivity index (χ1v) is 7.26. The summed E-state index contributed by atoms with van der Waals surface area (Å²) in [7, 11) is 0. The number of carbonyl (C=O) groups excluding carboxylic acids is 1. The van der Waals surface area contributed by atoms with E-state index in [9.17, 15) is 14.9 Å². The van der Waals surface area contributed by atoms with Crippen molar-refractivity contribution in [3.8, 4) is 0 Å². The van der Waals surface area contributed by atoms with Crippen LogP contribution in [0.2, 0.25) is 0 Å². The lowest BCUT2D eigenvalue weighted by Gasteiger charge is -2.20. The summed E-state index contributed by atoms with van der Waals surface area (Å²) in [6.45, 7) is 6.07. The van der Waals surface area contributed by atoms with E-state index in [4.69, 9.17) is 0 Å². The van der Waals surface area contributed by atoms with Crippen molar-refractivity contribution in [1.82, 2.24) is 5.32 Å². The lowest BCUT2D eigenvalue weighted by Crippen LogP contribution is -2.41. The van der Waals surface area contributed by atoms with Gasteiger partial charge in [-0.2, -0.15) is 0 Å². The van der Waals surface area contributed by atoms with Crippen LogP contribution < -0.4 is 10.6 Å². The van der Waals surface area contributed by atoms with Gasteiger partial charge in [0.15, 0.2) is 0 Å². The van der Waals surface area contributed by atoms with Crippen LogP contribution in [-0.2, 0) is 4.79 Å². The quantitative estimate of drug-likeness (QED) is 0.459. The van der Waals surface area contributed by atoms with Crippen molar-refractivity contribution in [3.63, 3.8) is 0 Å². The number of halogens is 1. The van der Waals surface area contributed by atoms with Gasteiger partial charge in [-0.25, -0.2) is 0 Å². The molecule has 0 bridgehead atoms. The summed E-state index contributed by atoms with van der Waals surface area (Å²) in [6.07, 6.45) is 0.264. The Morgan fingerprint density at radius 2 is 2.05 bits per heavy atom. The van der Waals surface area contributed by atoms with Crippen LogP contribution in [0.5, 0.6) is 0 Å². The van der Waals surface area contributed by atoms with Gasteiger partial charge in [-0.3, -0.25) is 14.9 Å². The zero-order valence-corrected chi connectivity index (χ0v) is 13.9. The van der Waals surface area contributed by atoms with Crippen molar-refractivity contribution >= 4 is 39.9 Å². The topological polar surface area (TPSA) is 84.3 Å². The Balaban J connectivity index is 2.58. The number of rotatable bonds is 5. The zero-order chi connectivity index (χ0) is 15.3. The van der Waals surface area contributed by atoms with Gasteiger partial charge in [-0.05, 0) is 55.5 Å². The third kappa shape index (κ3) is 5.72. The van der Waals surface area contributed by atoms with E-state index in [1.54, 1.807) is 12.1 Å². The van der Waals surface area contributed by atoms with E-state index in [-0.39, 0.29) is 23.6 Å². The number of benzene rings is 1. The monoisotopic (exact) mass is 391 g/mol. The maximum Gasteiger partial charge on any atom is 0.293 e. The Labute approximate surface area is 131 Å². The van der Waals surface area contributed by atoms with Crippen LogP contribution in [0, 0.1) is 13.7 Å². The minimum absolute atomic E-state index is 0.0214. The third-order valence-electron chi connectivity index (χ3n) is 2.34. The van der Waals surface area contributed by atoms with E-state index in [1.165, 1.54) is 6.07 Å². The highest BCUT2D eigenvalue weighted by atomic mass is 127. The molecule has 0 aromatic heterocycles. The fourth-order valence-corrected chi connectivity index (χ4v) is 2.07. The van der Waals surface area contributed by atoms with Crippen LogP contribution in [0.1, 0.15) is 27.2 Å². The molecule has 0 aliphatic carbocycles. The number of amides is 1. The first-order chi connectivity index (χ1) is 9.19. The molecule has 0 unspecified atom stereocenters. The SMILES string of the molecule is CC(C)(C)NC(=O)CCNc1ccc(I)cc1[N+](=O)[O-]. The van der Waals surface area contributed by atoms with Gasteiger partial charge in [0.2, 0.25) is 5.91 Å². The number of hydrogen-bond donors (Lipinski definition) is 2. The summed E-state index contributed by atoms with van der Waals surface area (Å²) in [5, 5.41) is 16.7. The first-order valence-electron chi connectivity index (χ1n) is 6.18. The maximum atomic E-state index is 11.6. The number of nitrogens with zero attached hydrogens (tertiary/aromatic N) is 1. The van der Waals surface area contributed by atoms with Gasteiger partial charge in [-0.15, -0.1) is 0 Å². The normalized spacial score (nSPS) is 11.0. The lowest BCUT2D eigenvalue weighted by atomic mass is 10.1. The van der Waals surface area contributed by atoms with Crippen molar-refractivity contribution in [2.75, 3.05) is 11.9 Å². The summed E-state index contributed by atoms with van der Waals surface area (Å²) in [6, 6.07) is 4.94. The van der Waals surface area contributed by atoms with Crippen LogP contribution in [0.15, 0.2) is 18.2 Å². The number of nitrogens with one attached hydrogen (secondary N) is 2. The van der Waals surface area contributed by atoms with E-state index < -0.39 is 4.92 Å². The fourth-order valence-electron chi connectivity index (χ4n) is 1.60. The molecule has 2 N–H and O–H groups in total. The highest BCUT2D eigenvalue weighted by Gasteiger charge is 2.15. The molecule has 0 aliphatic heterocycles. The molecule has 20 heavy (non-hydrogen) atoms. The maximum absolute atomic E-state index is 11.6. The summed E-state index contributed by atoms with van der Waals surface area (Å²) in [5.41, 5.74) is 0.179. The second kappa shape index (κ2) is 6.87. The second-order valence-electron chi connectivity index (χ2n) is 5.39. The lowest BCUT2D eigenvalue weighted by molar-refractivity contribution is -0.384. The van der Waals surface area contributed by atoms with E-state index in [0.29, 0.717) is 12.2 Å². The Morgan fingerprint density at radius 3 is 2.60 bits per heavy atom. The van der Waals surface area contributed by atoms with E-state index in [2.05, 4.69) is 10.6 Å². The first kappa shape index (κ1) is 16.7. The molecule has 1 rings (SSSR count). The van der Waals surface area contributed by atoms with Gasteiger partial charge >= 0.3 is 0 Å². The average Bonchev–Trinajstić information content (AvgIpc) is 2.28. The fraction of sp³-hybridized carbons (Fsp3) is 0.462. The summed E-state index contributed by atoms with van der Waals surface area (Å²) in [4.78, 5) is 22.1. The van der Waals surface area contributed by atoms with Gasteiger partial charge in [0.05, 0.1) is 4.92 Å². The molecule has 0 saturated heterocycles. The molecule has 0 aliphatic rings. The van der Waals surface area contributed by atoms with Gasteiger partial charge in [-0.1, -0.05) is 0 Å². The molecular weight excluding hydrogens is 373 g/mol. The smallest absolute Gasteiger partial charge is 0.293 e. The highest BCUT2D eigenvalue weighted by Crippen LogP contribution is 2.26. The predicted octanol–water partition coefficient (Wildman–Crippen LogP) is 2.92. The molecule has 0 saturated carbocycles. The Morgan fingerprint density at radius 1 is 1.40 bits per heavy atom. The average molecular weight is 391 g/mol. The largest absolute Gasteiger partial charge is 0.379 e. The molecule has 0 radical (unpaired) electrons. The summed E-state index contributed by atoms with van der Waals surface area (Å²) in [5.74, 6) is -0.0850. The number of nitro benzene ring substituents is 1. The molecular formula is C13H18IN3O3. The van der Waals surface area contributed by atoms with Gasteiger partial charge in [0.25, 0.3) is 5.69 Å². The third-order valence-corrected chi connectivity index (χ3v) is 3.01. The molecule has 110 valence electrons. The number of carbonyl (C=O) groups is 1. The van der Waals surface area contributed by atoms with Crippen LogP contribution in [0.3, 0.4) is 0 Å². The molecule has 1 amide bonds. The Hall–Kier alpha value is -1.38. The molecule has 1 aromatic rings. The summed E-state index contributed by atoms with van der Waals surface area (Å²) < 4.78 is 0.797. The Kier molecular flexibility index (Phi) is 5.73. The number of anilines is 1. The Bertz CT molecular complexity index is 512. The molecule has 0 fully saturated rings. The standard InChI is InChI=1S/C13H18IN3O3/c1-13(2,3)16-12(18)6-7-15-10-5-4-9(14)8-11(10)17(19)20/h4-5,8,15H,6-7H2,1-3H3,(H,16,18). The van der Waals surface area contributed by atoms with E-state index >= 15 is 0 Å². The number of hydrogen-bond acceptors (Lipinski definition) is 4. The van der Waals surface area contributed by atoms with Crippen molar-refractivity contribution < 1.29 is 9.72 Å². The second-order valence-corrected chi connectivity index (χ2v) is 6.64. The molecule has 6 nitrogen and oxygen atoms in total. The molecule has 1 aromatic carbocycles. The summed E-state index contributed by atoms with van der Waals surface area (Å²) >= 11 is 2.02. The van der Waals surface area contributed by atoms with Gasteiger partial charge < -0.3 is 10.6 Å². The van der Waals surface area contributed by atoms with Crippen molar-refractivity contribution in [3.05, 3.63) is 31.9 Å². The molecule has 0 heterocycles. The molecule has 7 heteroatoms. The van der Waals surface area contributed by atoms with Crippen LogP contribution >= 0.6 is 22.6 Å². The molecule has 0 atom stereocenters. The minimum atomic E-state index is -0.431. The highest BCUT2D eigenvalue weighted by molar-refractivity contribution is 14.1. The van der Waals surface area contributed by atoms with Crippen LogP contribution in [-0.4, -0.2) is 22.9 Å².